The molecule has 0 aliphatic heterocycles. The fourth-order valence-corrected chi connectivity index (χ4v) is 3.05. The molecule has 3 nitrogen and oxygen atoms in total. The molecule has 1 aliphatic carbocycles. The molecular formula is C21H22O3. The molecule has 0 amide bonds. The SMILES string of the molecule is CCCOc1ccccc1C1=CCCc2ccc(C(=O)OC)cc21. The molecule has 2 aromatic carbocycles. The third-order valence-corrected chi connectivity index (χ3v) is 4.22. The predicted octanol–water partition coefficient (Wildman–Crippen LogP) is 4.64. The first-order valence-corrected chi connectivity index (χ1v) is 8.38. The van der Waals surface area contributed by atoms with E-state index in [-0.39, 0.29) is 5.97 Å². The Hall–Kier alpha value is -2.55. The third-order valence-electron chi connectivity index (χ3n) is 4.22. The number of methoxy groups -OCH3 is 1. The average Bonchev–Trinajstić information content (AvgIpc) is 2.65. The molecule has 124 valence electrons. The van der Waals surface area contributed by atoms with Crippen molar-refractivity contribution in [2.24, 2.45) is 0 Å². The second kappa shape index (κ2) is 7.35. The Morgan fingerprint density at radius 2 is 1.96 bits per heavy atom. The standard InChI is InChI=1S/C21H22O3/c1-3-13-24-20-10-5-4-8-18(20)17-9-6-7-15-11-12-16(14-19(15)17)21(22)23-2/h4-5,8-12,14H,3,6-7,13H2,1-2H3. The van der Waals surface area contributed by atoms with Crippen LogP contribution in [0.5, 0.6) is 5.75 Å². The molecule has 0 heterocycles. The summed E-state index contributed by atoms with van der Waals surface area (Å²) in [6, 6.07) is 13.9. The van der Waals surface area contributed by atoms with Crippen molar-refractivity contribution in [3.63, 3.8) is 0 Å². The van der Waals surface area contributed by atoms with Crippen molar-refractivity contribution in [2.45, 2.75) is 26.2 Å². The number of ether oxygens (including phenoxy) is 2. The number of aryl methyl sites for hydroxylation is 1. The monoisotopic (exact) mass is 322 g/mol. The van der Waals surface area contributed by atoms with Crippen molar-refractivity contribution in [3.8, 4) is 5.75 Å². The van der Waals surface area contributed by atoms with Crippen LogP contribution in [-0.2, 0) is 11.2 Å². The molecular weight excluding hydrogens is 300 g/mol. The lowest BCUT2D eigenvalue weighted by atomic mass is 9.85. The van der Waals surface area contributed by atoms with E-state index in [0.29, 0.717) is 12.2 Å². The molecule has 0 bridgehead atoms. The van der Waals surface area contributed by atoms with Gasteiger partial charge in [0.15, 0.2) is 0 Å². The molecule has 0 atom stereocenters. The first-order chi connectivity index (χ1) is 11.7. The number of esters is 1. The Balaban J connectivity index is 2.05. The summed E-state index contributed by atoms with van der Waals surface area (Å²) in [5.74, 6) is 0.583. The highest BCUT2D eigenvalue weighted by molar-refractivity contribution is 5.93. The smallest absolute Gasteiger partial charge is 0.337 e. The van der Waals surface area contributed by atoms with Gasteiger partial charge in [-0.3, -0.25) is 0 Å². The molecule has 0 N–H and O–H groups in total. The van der Waals surface area contributed by atoms with Crippen LogP contribution in [0.15, 0.2) is 48.5 Å². The molecule has 0 fully saturated rings. The molecule has 3 rings (SSSR count). The first-order valence-electron chi connectivity index (χ1n) is 8.38. The lowest BCUT2D eigenvalue weighted by Gasteiger charge is -2.21. The maximum absolute atomic E-state index is 11.9. The summed E-state index contributed by atoms with van der Waals surface area (Å²) in [5.41, 5.74) is 5.14. The largest absolute Gasteiger partial charge is 0.493 e. The summed E-state index contributed by atoms with van der Waals surface area (Å²) in [4.78, 5) is 11.9. The summed E-state index contributed by atoms with van der Waals surface area (Å²) >= 11 is 0. The summed E-state index contributed by atoms with van der Waals surface area (Å²) < 4.78 is 10.8. The zero-order chi connectivity index (χ0) is 16.9. The summed E-state index contributed by atoms with van der Waals surface area (Å²) in [7, 11) is 1.41. The Morgan fingerprint density at radius 1 is 1.12 bits per heavy atom. The van der Waals surface area contributed by atoms with Gasteiger partial charge in [0.25, 0.3) is 0 Å². The van der Waals surface area contributed by atoms with E-state index in [1.807, 2.05) is 36.4 Å². The van der Waals surface area contributed by atoms with Crippen molar-refractivity contribution in [1.29, 1.82) is 0 Å². The maximum atomic E-state index is 11.9. The molecule has 0 saturated carbocycles. The maximum Gasteiger partial charge on any atom is 0.337 e. The molecule has 24 heavy (non-hydrogen) atoms. The van der Waals surface area contributed by atoms with Gasteiger partial charge in [-0.05, 0) is 54.2 Å². The molecule has 0 saturated heterocycles. The Bertz CT molecular complexity index is 774. The van der Waals surface area contributed by atoms with Gasteiger partial charge in [0.1, 0.15) is 5.75 Å². The number of carbonyl (C=O) groups is 1. The fraction of sp³-hybridized carbons (Fsp3) is 0.286. The van der Waals surface area contributed by atoms with Crippen LogP contribution in [0.2, 0.25) is 0 Å². The van der Waals surface area contributed by atoms with Gasteiger partial charge in [0, 0.05) is 5.56 Å². The fourth-order valence-electron chi connectivity index (χ4n) is 3.05. The predicted molar refractivity (Wildman–Crippen MR) is 95.4 cm³/mol. The average molecular weight is 322 g/mol. The summed E-state index contributed by atoms with van der Waals surface area (Å²) in [6.07, 6.45) is 5.17. The van der Waals surface area contributed by atoms with Gasteiger partial charge in [-0.2, -0.15) is 0 Å². The van der Waals surface area contributed by atoms with Crippen molar-refractivity contribution < 1.29 is 14.3 Å². The normalized spacial score (nSPS) is 13.0. The van der Waals surface area contributed by atoms with Gasteiger partial charge < -0.3 is 9.47 Å². The van der Waals surface area contributed by atoms with Crippen molar-refractivity contribution in [3.05, 3.63) is 70.8 Å². The number of hydrogen-bond acceptors (Lipinski definition) is 3. The van der Waals surface area contributed by atoms with Gasteiger partial charge >= 0.3 is 5.97 Å². The summed E-state index contributed by atoms with van der Waals surface area (Å²) in [6.45, 7) is 2.79. The van der Waals surface area contributed by atoms with Crippen LogP contribution in [-0.4, -0.2) is 19.7 Å². The minimum Gasteiger partial charge on any atom is -0.493 e. The lowest BCUT2D eigenvalue weighted by Crippen LogP contribution is -2.07. The van der Waals surface area contributed by atoms with E-state index in [2.05, 4.69) is 19.1 Å². The first kappa shape index (κ1) is 16.3. The molecule has 0 aromatic heterocycles. The van der Waals surface area contributed by atoms with Crippen LogP contribution in [0.3, 0.4) is 0 Å². The second-order valence-electron chi connectivity index (χ2n) is 5.86. The van der Waals surface area contributed by atoms with Gasteiger partial charge in [0.2, 0.25) is 0 Å². The van der Waals surface area contributed by atoms with E-state index in [1.165, 1.54) is 12.7 Å². The molecule has 3 heteroatoms. The quantitative estimate of drug-likeness (QED) is 0.752. The molecule has 0 radical (unpaired) electrons. The highest BCUT2D eigenvalue weighted by Crippen LogP contribution is 2.36. The number of fused-ring (bicyclic) bond motifs is 1. The number of rotatable bonds is 5. The number of allylic oxidation sites excluding steroid dienone is 1. The van der Waals surface area contributed by atoms with Gasteiger partial charge in [-0.15, -0.1) is 0 Å². The van der Waals surface area contributed by atoms with E-state index < -0.39 is 0 Å². The van der Waals surface area contributed by atoms with Crippen molar-refractivity contribution >= 4 is 11.5 Å². The Morgan fingerprint density at radius 3 is 2.75 bits per heavy atom. The van der Waals surface area contributed by atoms with Crippen LogP contribution in [0.1, 0.15) is 46.8 Å². The topological polar surface area (TPSA) is 35.5 Å². The number of para-hydroxylation sites is 1. The van der Waals surface area contributed by atoms with Crippen LogP contribution in [0.25, 0.3) is 5.57 Å². The van der Waals surface area contributed by atoms with Crippen molar-refractivity contribution in [1.82, 2.24) is 0 Å². The summed E-state index contributed by atoms with van der Waals surface area (Å²) in [5, 5.41) is 0. The van der Waals surface area contributed by atoms with Crippen LogP contribution < -0.4 is 4.74 Å². The van der Waals surface area contributed by atoms with E-state index in [9.17, 15) is 4.79 Å². The van der Waals surface area contributed by atoms with E-state index in [0.717, 1.165) is 41.7 Å². The van der Waals surface area contributed by atoms with Crippen LogP contribution >= 0.6 is 0 Å². The molecule has 0 unspecified atom stereocenters. The minimum absolute atomic E-state index is 0.307. The second-order valence-corrected chi connectivity index (χ2v) is 5.86. The Kier molecular flexibility index (Phi) is 4.99. The Labute approximate surface area is 142 Å². The van der Waals surface area contributed by atoms with E-state index in [1.54, 1.807) is 0 Å². The van der Waals surface area contributed by atoms with Crippen LogP contribution in [0.4, 0.5) is 0 Å². The minimum atomic E-state index is -0.307. The highest BCUT2D eigenvalue weighted by atomic mass is 16.5. The van der Waals surface area contributed by atoms with E-state index in [4.69, 9.17) is 9.47 Å². The lowest BCUT2D eigenvalue weighted by molar-refractivity contribution is 0.0600. The zero-order valence-electron chi connectivity index (χ0n) is 14.2. The van der Waals surface area contributed by atoms with Crippen molar-refractivity contribution in [2.75, 3.05) is 13.7 Å². The molecule has 0 spiro atoms. The number of hydrogen-bond donors (Lipinski definition) is 0. The van der Waals surface area contributed by atoms with Gasteiger partial charge in [-0.25, -0.2) is 4.79 Å². The third kappa shape index (κ3) is 3.21. The van der Waals surface area contributed by atoms with Crippen LogP contribution in [0, 0.1) is 0 Å². The number of carbonyl (C=O) groups excluding carboxylic acids is 1. The van der Waals surface area contributed by atoms with E-state index >= 15 is 0 Å². The number of benzene rings is 2. The molecule has 1 aliphatic rings. The van der Waals surface area contributed by atoms with Gasteiger partial charge in [0.05, 0.1) is 19.3 Å². The zero-order valence-corrected chi connectivity index (χ0v) is 14.2. The highest BCUT2D eigenvalue weighted by Gasteiger charge is 2.19. The van der Waals surface area contributed by atoms with Gasteiger partial charge in [-0.1, -0.05) is 37.3 Å². The molecule has 2 aromatic rings.